The number of benzene rings is 1. The number of ether oxygens (including phenoxy) is 1. The van der Waals surface area contributed by atoms with Gasteiger partial charge in [-0.3, -0.25) is 20.4 Å². The Hall–Kier alpha value is -1.46. The van der Waals surface area contributed by atoms with Crippen molar-refractivity contribution in [1.29, 1.82) is 0 Å². The van der Waals surface area contributed by atoms with Crippen molar-refractivity contribution >= 4 is 35.0 Å². The van der Waals surface area contributed by atoms with E-state index in [0.717, 1.165) is 0 Å². The summed E-state index contributed by atoms with van der Waals surface area (Å²) in [6.45, 7) is -0.258. The smallest absolute Gasteiger partial charge is 0.276 e. The number of para-hydroxylation sites is 1. The number of nitrogens with one attached hydrogen (secondary N) is 2. The maximum absolute atomic E-state index is 11.2. The predicted molar refractivity (Wildman–Crippen MR) is 64.0 cm³/mol. The largest absolute Gasteiger partial charge is 0.482 e. The van der Waals surface area contributed by atoms with E-state index in [2.05, 4.69) is 10.9 Å². The first-order chi connectivity index (χ1) is 8.13. The molecule has 0 atom stereocenters. The van der Waals surface area contributed by atoms with Crippen LogP contribution in [0.3, 0.4) is 0 Å². The lowest BCUT2D eigenvalue weighted by Gasteiger charge is -2.08. The molecule has 0 heterocycles. The molecule has 0 saturated carbocycles. The zero-order chi connectivity index (χ0) is 12.7. The average Bonchev–Trinajstić information content (AvgIpc) is 2.35. The van der Waals surface area contributed by atoms with Gasteiger partial charge in [-0.05, 0) is 12.1 Å². The second kappa shape index (κ2) is 6.98. The van der Waals surface area contributed by atoms with Crippen LogP contribution >= 0.6 is 23.2 Å². The third kappa shape index (κ3) is 4.93. The number of carbonyl (C=O) groups is 2. The standard InChI is InChI=1S/C10H10Cl2N2O3/c11-5-9(15)13-14-10(16)6-17-8-4-2-1-3-7(8)12/h1-4H,5-6H2,(H,13,15)(H,14,16). The van der Waals surface area contributed by atoms with Gasteiger partial charge >= 0.3 is 0 Å². The van der Waals surface area contributed by atoms with Crippen molar-refractivity contribution in [3.8, 4) is 5.75 Å². The summed E-state index contributed by atoms with van der Waals surface area (Å²) < 4.78 is 5.14. The van der Waals surface area contributed by atoms with Gasteiger partial charge in [0, 0.05) is 0 Å². The number of hydrogen-bond acceptors (Lipinski definition) is 3. The molecule has 17 heavy (non-hydrogen) atoms. The lowest BCUT2D eigenvalue weighted by molar-refractivity contribution is -0.128. The Balaban J connectivity index is 2.34. The van der Waals surface area contributed by atoms with Crippen molar-refractivity contribution in [3.63, 3.8) is 0 Å². The van der Waals surface area contributed by atoms with Crippen LogP contribution in [0.1, 0.15) is 0 Å². The average molecular weight is 277 g/mol. The van der Waals surface area contributed by atoms with Crippen molar-refractivity contribution < 1.29 is 14.3 Å². The van der Waals surface area contributed by atoms with Gasteiger partial charge in [0.2, 0.25) is 0 Å². The molecule has 0 saturated heterocycles. The molecular weight excluding hydrogens is 267 g/mol. The number of rotatable bonds is 4. The number of carbonyl (C=O) groups excluding carboxylic acids is 2. The molecule has 0 fully saturated rings. The van der Waals surface area contributed by atoms with Gasteiger partial charge in [0.05, 0.1) is 5.02 Å². The Labute approximate surface area is 108 Å². The first-order valence-electron chi connectivity index (χ1n) is 4.64. The molecule has 0 bridgehead atoms. The van der Waals surface area contributed by atoms with Crippen LogP contribution in [0.5, 0.6) is 5.75 Å². The molecule has 5 nitrogen and oxygen atoms in total. The quantitative estimate of drug-likeness (QED) is 0.640. The highest BCUT2D eigenvalue weighted by atomic mass is 35.5. The van der Waals surface area contributed by atoms with Crippen LogP contribution in [0.25, 0.3) is 0 Å². The number of amides is 2. The van der Waals surface area contributed by atoms with E-state index in [9.17, 15) is 9.59 Å². The Morgan fingerprint density at radius 3 is 2.47 bits per heavy atom. The Morgan fingerprint density at radius 2 is 1.82 bits per heavy atom. The van der Waals surface area contributed by atoms with E-state index >= 15 is 0 Å². The second-order valence-corrected chi connectivity index (χ2v) is 3.62. The molecule has 1 aromatic rings. The van der Waals surface area contributed by atoms with Crippen molar-refractivity contribution in [1.82, 2.24) is 10.9 Å². The van der Waals surface area contributed by atoms with Crippen LogP contribution in [-0.4, -0.2) is 24.3 Å². The summed E-state index contributed by atoms with van der Waals surface area (Å²) in [5, 5.41) is 0.407. The fourth-order valence-electron chi connectivity index (χ4n) is 0.914. The third-order valence-corrected chi connectivity index (χ3v) is 2.21. The van der Waals surface area contributed by atoms with Crippen LogP contribution in [0.15, 0.2) is 24.3 Å². The van der Waals surface area contributed by atoms with Crippen molar-refractivity contribution in [2.45, 2.75) is 0 Å². The molecular formula is C10H10Cl2N2O3. The lowest BCUT2D eigenvalue weighted by Crippen LogP contribution is -2.44. The molecule has 0 radical (unpaired) electrons. The minimum Gasteiger partial charge on any atom is -0.482 e. The SMILES string of the molecule is O=C(CCl)NNC(=O)COc1ccccc1Cl. The number of alkyl halides is 1. The molecule has 1 rings (SSSR count). The van der Waals surface area contributed by atoms with E-state index in [1.54, 1.807) is 24.3 Å². The van der Waals surface area contributed by atoms with Gasteiger partial charge in [-0.1, -0.05) is 23.7 Å². The van der Waals surface area contributed by atoms with Crippen molar-refractivity contribution in [3.05, 3.63) is 29.3 Å². The fraction of sp³-hybridized carbons (Fsp3) is 0.200. The van der Waals surface area contributed by atoms with E-state index in [1.807, 2.05) is 0 Å². The first kappa shape index (κ1) is 13.6. The zero-order valence-corrected chi connectivity index (χ0v) is 10.2. The molecule has 0 aliphatic rings. The Bertz CT molecular complexity index is 412. The minimum absolute atomic E-state index is 0.231. The molecule has 0 unspecified atom stereocenters. The van der Waals surface area contributed by atoms with Crippen molar-refractivity contribution in [2.24, 2.45) is 0 Å². The van der Waals surface area contributed by atoms with Gasteiger partial charge in [-0.2, -0.15) is 0 Å². The predicted octanol–water partition coefficient (Wildman–Crippen LogP) is 1.10. The molecule has 0 spiro atoms. The summed E-state index contributed by atoms with van der Waals surface area (Å²) in [5.41, 5.74) is 4.23. The van der Waals surface area contributed by atoms with Gasteiger partial charge < -0.3 is 4.74 Å². The molecule has 92 valence electrons. The summed E-state index contributed by atoms with van der Waals surface area (Å²) >= 11 is 11.0. The van der Waals surface area contributed by atoms with Crippen LogP contribution in [-0.2, 0) is 9.59 Å². The summed E-state index contributed by atoms with van der Waals surface area (Å²) in [7, 11) is 0. The topological polar surface area (TPSA) is 67.4 Å². The highest BCUT2D eigenvalue weighted by Crippen LogP contribution is 2.22. The van der Waals surface area contributed by atoms with E-state index < -0.39 is 11.8 Å². The molecule has 1 aromatic carbocycles. The highest BCUT2D eigenvalue weighted by molar-refractivity contribution is 6.32. The molecule has 2 amide bonds. The van der Waals surface area contributed by atoms with Gasteiger partial charge in [-0.25, -0.2) is 0 Å². The van der Waals surface area contributed by atoms with Crippen LogP contribution in [0.4, 0.5) is 0 Å². The van der Waals surface area contributed by atoms with Crippen molar-refractivity contribution in [2.75, 3.05) is 12.5 Å². The fourth-order valence-corrected chi connectivity index (χ4v) is 1.17. The Kier molecular flexibility index (Phi) is 5.59. The third-order valence-electron chi connectivity index (χ3n) is 1.66. The van der Waals surface area contributed by atoms with E-state index in [1.165, 1.54) is 0 Å². The summed E-state index contributed by atoms with van der Waals surface area (Å²) in [6.07, 6.45) is 0. The maximum Gasteiger partial charge on any atom is 0.276 e. The van der Waals surface area contributed by atoms with Crippen LogP contribution < -0.4 is 15.6 Å². The zero-order valence-electron chi connectivity index (χ0n) is 8.70. The number of halogens is 2. The molecule has 0 aromatic heterocycles. The van der Waals surface area contributed by atoms with E-state index in [0.29, 0.717) is 10.8 Å². The summed E-state index contributed by atoms with van der Waals surface area (Å²) in [6, 6.07) is 6.75. The van der Waals surface area contributed by atoms with Gasteiger partial charge in [0.1, 0.15) is 11.6 Å². The summed E-state index contributed by atoms with van der Waals surface area (Å²) in [4.78, 5) is 21.9. The first-order valence-corrected chi connectivity index (χ1v) is 5.55. The van der Waals surface area contributed by atoms with E-state index in [4.69, 9.17) is 27.9 Å². The molecule has 2 N–H and O–H groups in total. The Morgan fingerprint density at radius 1 is 1.18 bits per heavy atom. The molecule has 7 heteroatoms. The van der Waals surface area contributed by atoms with Crippen LogP contribution in [0, 0.1) is 0 Å². The molecule has 0 aliphatic carbocycles. The number of hydrazine groups is 1. The molecule has 0 aliphatic heterocycles. The monoisotopic (exact) mass is 276 g/mol. The van der Waals surface area contributed by atoms with Crippen LogP contribution in [0.2, 0.25) is 5.02 Å². The second-order valence-electron chi connectivity index (χ2n) is 2.95. The highest BCUT2D eigenvalue weighted by Gasteiger charge is 2.06. The maximum atomic E-state index is 11.2. The van der Waals surface area contributed by atoms with Gasteiger partial charge in [0.15, 0.2) is 6.61 Å². The lowest BCUT2D eigenvalue weighted by atomic mass is 10.3. The van der Waals surface area contributed by atoms with Gasteiger partial charge in [0.25, 0.3) is 11.8 Å². The normalized spacial score (nSPS) is 9.53. The number of hydrogen-bond donors (Lipinski definition) is 2. The minimum atomic E-state index is -0.511. The van der Waals surface area contributed by atoms with Gasteiger partial charge in [-0.15, -0.1) is 11.6 Å². The van der Waals surface area contributed by atoms with E-state index in [-0.39, 0.29) is 12.5 Å². The summed E-state index contributed by atoms with van der Waals surface area (Å²) in [5.74, 6) is -0.847.